The first kappa shape index (κ1) is 29.8. The van der Waals surface area contributed by atoms with E-state index in [1.165, 1.54) is 0 Å². The van der Waals surface area contributed by atoms with Crippen molar-refractivity contribution in [1.82, 2.24) is 0 Å². The molecule has 10 nitrogen and oxygen atoms in total. The van der Waals surface area contributed by atoms with Gasteiger partial charge >= 0.3 is 11.9 Å². The Balaban J connectivity index is 0.827. The Morgan fingerprint density at radius 2 is 0.932 bits per heavy atom. The van der Waals surface area contributed by atoms with E-state index < -0.39 is 0 Å². The zero-order valence-corrected chi connectivity index (χ0v) is 24.2. The van der Waals surface area contributed by atoms with Gasteiger partial charge in [-0.1, -0.05) is 24.3 Å². The van der Waals surface area contributed by atoms with Crippen LogP contribution in [-0.2, 0) is 28.4 Å². The van der Waals surface area contributed by atoms with Crippen LogP contribution in [0.5, 0.6) is 11.5 Å². The van der Waals surface area contributed by atoms with Crippen LogP contribution in [-0.4, -0.2) is 90.2 Å². The molecule has 2 heterocycles. The largest absolute Gasteiger partial charge is 0.491 e. The Hall–Kier alpha value is -4.22. The third-order valence-corrected chi connectivity index (χ3v) is 7.07. The molecular formula is C34H34O10. The summed E-state index contributed by atoms with van der Waals surface area (Å²) in [5.41, 5.74) is 1.02. The van der Waals surface area contributed by atoms with Gasteiger partial charge in [0.1, 0.15) is 50.1 Å². The topological polar surface area (TPSA) is 115 Å². The zero-order valence-electron chi connectivity index (χ0n) is 24.2. The second kappa shape index (κ2) is 14.5. The van der Waals surface area contributed by atoms with Crippen molar-refractivity contribution in [1.29, 1.82) is 0 Å². The molecule has 0 aliphatic carbocycles. The molecule has 4 aromatic carbocycles. The summed E-state index contributed by atoms with van der Waals surface area (Å²) in [5, 5.41) is 3.80. The van der Waals surface area contributed by atoms with Crippen LogP contribution in [0.4, 0.5) is 0 Å². The Labute approximate surface area is 254 Å². The van der Waals surface area contributed by atoms with Crippen LogP contribution < -0.4 is 9.47 Å². The SMILES string of the molecule is O=C(OCC1CO1)c1ccc2cc(OCCOCCOCCOc3ccc4cc(C(=O)OCC5CO5)ccc4c3)ccc2c1. The predicted molar refractivity (Wildman–Crippen MR) is 161 cm³/mol. The van der Waals surface area contributed by atoms with E-state index in [9.17, 15) is 9.59 Å². The van der Waals surface area contributed by atoms with Gasteiger partial charge in [0.25, 0.3) is 0 Å². The smallest absolute Gasteiger partial charge is 0.338 e. The maximum atomic E-state index is 12.2. The highest BCUT2D eigenvalue weighted by Crippen LogP contribution is 2.24. The zero-order chi connectivity index (χ0) is 30.1. The lowest BCUT2D eigenvalue weighted by Gasteiger charge is -2.10. The van der Waals surface area contributed by atoms with E-state index in [0.717, 1.165) is 33.0 Å². The number of epoxide rings is 2. The Morgan fingerprint density at radius 3 is 1.36 bits per heavy atom. The molecule has 0 amide bonds. The fourth-order valence-electron chi connectivity index (χ4n) is 4.47. The number of carbonyl (C=O) groups excluding carboxylic acids is 2. The molecule has 4 aromatic rings. The van der Waals surface area contributed by atoms with Crippen LogP contribution in [0.25, 0.3) is 21.5 Å². The van der Waals surface area contributed by atoms with Crippen molar-refractivity contribution in [2.75, 3.05) is 66.1 Å². The van der Waals surface area contributed by atoms with Gasteiger partial charge in [-0.2, -0.15) is 0 Å². The molecule has 2 atom stereocenters. The van der Waals surface area contributed by atoms with Crippen molar-refractivity contribution in [3.05, 3.63) is 83.9 Å². The van der Waals surface area contributed by atoms with E-state index in [1.807, 2.05) is 60.7 Å². The van der Waals surface area contributed by atoms with Crippen LogP contribution in [0.3, 0.4) is 0 Å². The van der Waals surface area contributed by atoms with Crippen molar-refractivity contribution < 1.29 is 47.5 Å². The monoisotopic (exact) mass is 602 g/mol. The molecule has 2 unspecified atom stereocenters. The molecule has 0 aromatic heterocycles. The van der Waals surface area contributed by atoms with Crippen molar-refractivity contribution in [3.8, 4) is 11.5 Å². The molecule has 6 rings (SSSR count). The van der Waals surface area contributed by atoms with E-state index in [-0.39, 0.29) is 24.1 Å². The van der Waals surface area contributed by atoms with Crippen molar-refractivity contribution >= 4 is 33.5 Å². The van der Waals surface area contributed by atoms with E-state index in [0.29, 0.717) is 77.2 Å². The lowest BCUT2D eigenvalue weighted by molar-refractivity contribution is 0.0274. The molecule has 0 N–H and O–H groups in total. The average Bonchev–Trinajstić information content (AvgIpc) is 3.99. The van der Waals surface area contributed by atoms with Crippen LogP contribution in [0.2, 0.25) is 0 Å². The number of esters is 2. The highest BCUT2D eigenvalue weighted by atomic mass is 16.6. The van der Waals surface area contributed by atoms with E-state index in [1.54, 1.807) is 12.1 Å². The molecule has 2 aliphatic rings. The van der Waals surface area contributed by atoms with Crippen molar-refractivity contribution in [2.45, 2.75) is 12.2 Å². The number of fused-ring (bicyclic) bond motifs is 2. The second-order valence-corrected chi connectivity index (χ2v) is 10.5. The summed E-state index contributed by atoms with van der Waals surface area (Å²) in [6.07, 6.45) is 0.0893. The van der Waals surface area contributed by atoms with E-state index >= 15 is 0 Å². The second-order valence-electron chi connectivity index (χ2n) is 10.5. The molecular weight excluding hydrogens is 568 g/mol. The Bertz CT molecular complexity index is 1470. The van der Waals surface area contributed by atoms with Gasteiger partial charge in [-0.25, -0.2) is 9.59 Å². The molecule has 0 saturated carbocycles. The summed E-state index contributed by atoms with van der Waals surface area (Å²) in [6, 6.07) is 22.3. The van der Waals surface area contributed by atoms with Crippen LogP contribution in [0.1, 0.15) is 20.7 Å². The number of rotatable bonds is 17. The van der Waals surface area contributed by atoms with Crippen LogP contribution >= 0.6 is 0 Å². The van der Waals surface area contributed by atoms with Crippen LogP contribution in [0, 0.1) is 0 Å². The summed E-state index contributed by atoms with van der Waals surface area (Å²) in [4.78, 5) is 24.4. The lowest BCUT2D eigenvalue weighted by Crippen LogP contribution is -2.13. The van der Waals surface area contributed by atoms with Gasteiger partial charge < -0.3 is 37.9 Å². The van der Waals surface area contributed by atoms with Gasteiger partial charge in [0, 0.05) is 0 Å². The molecule has 0 bridgehead atoms. The highest BCUT2D eigenvalue weighted by Gasteiger charge is 2.25. The van der Waals surface area contributed by atoms with E-state index in [2.05, 4.69) is 0 Å². The van der Waals surface area contributed by atoms with Gasteiger partial charge in [0.2, 0.25) is 0 Å². The van der Waals surface area contributed by atoms with Gasteiger partial charge in [0.15, 0.2) is 0 Å². The minimum Gasteiger partial charge on any atom is -0.491 e. The van der Waals surface area contributed by atoms with Crippen molar-refractivity contribution in [3.63, 3.8) is 0 Å². The Morgan fingerprint density at radius 1 is 0.545 bits per heavy atom. The summed E-state index contributed by atoms with van der Waals surface area (Å²) < 4.78 is 43.5. The fraction of sp³-hybridized carbons (Fsp3) is 0.353. The Kier molecular flexibility index (Phi) is 9.83. The summed E-state index contributed by atoms with van der Waals surface area (Å²) >= 11 is 0. The molecule has 230 valence electrons. The van der Waals surface area contributed by atoms with Gasteiger partial charge in [-0.3, -0.25) is 0 Å². The van der Waals surface area contributed by atoms with Gasteiger partial charge in [0.05, 0.1) is 50.8 Å². The third-order valence-electron chi connectivity index (χ3n) is 7.07. The van der Waals surface area contributed by atoms with Crippen molar-refractivity contribution in [2.24, 2.45) is 0 Å². The first-order chi connectivity index (χ1) is 21.6. The molecule has 0 radical (unpaired) electrons. The highest BCUT2D eigenvalue weighted by molar-refractivity contribution is 5.96. The molecule has 0 spiro atoms. The van der Waals surface area contributed by atoms with E-state index in [4.69, 9.17) is 37.9 Å². The number of ether oxygens (including phenoxy) is 8. The van der Waals surface area contributed by atoms with Gasteiger partial charge in [-0.05, 0) is 70.1 Å². The molecule has 44 heavy (non-hydrogen) atoms. The first-order valence-corrected chi connectivity index (χ1v) is 14.7. The number of carbonyl (C=O) groups is 2. The standard InChI is InChI=1S/C34H34O10/c35-33(43-21-31-19-41-31)27-3-1-25-17-29(7-5-23(25)15-27)39-13-11-37-9-10-38-12-14-40-30-8-6-24-16-28(4-2-26(24)18-30)34(36)44-22-32-20-42-32/h1-8,15-18,31-32H,9-14,19-22H2. The van der Waals surface area contributed by atoms with Gasteiger partial charge in [-0.15, -0.1) is 0 Å². The minimum absolute atomic E-state index is 0.0447. The predicted octanol–water partition coefficient (Wildman–Crippen LogP) is 4.60. The lowest BCUT2D eigenvalue weighted by atomic mass is 10.1. The van der Waals surface area contributed by atoms with Crippen LogP contribution in [0.15, 0.2) is 72.8 Å². The quantitative estimate of drug-likeness (QED) is 0.0965. The number of hydrogen-bond donors (Lipinski definition) is 0. The molecule has 2 saturated heterocycles. The average molecular weight is 603 g/mol. The normalized spacial score (nSPS) is 16.9. The number of benzene rings is 4. The molecule has 10 heteroatoms. The summed E-state index contributed by atoms with van der Waals surface area (Å²) in [5.74, 6) is 0.759. The summed E-state index contributed by atoms with van der Waals surface area (Å²) in [6.45, 7) is 4.45. The maximum Gasteiger partial charge on any atom is 0.338 e. The molecule has 2 aliphatic heterocycles. The minimum atomic E-state index is -0.349. The fourth-order valence-corrected chi connectivity index (χ4v) is 4.47. The third kappa shape index (κ3) is 8.67. The maximum absolute atomic E-state index is 12.2. The first-order valence-electron chi connectivity index (χ1n) is 14.7. The summed E-state index contributed by atoms with van der Waals surface area (Å²) in [7, 11) is 0. The number of hydrogen-bond acceptors (Lipinski definition) is 10. The molecule has 2 fully saturated rings.